The molecule has 0 spiro atoms. The fraction of sp³-hybridized carbons (Fsp3) is 0.286. The minimum atomic E-state index is -4.20. The summed E-state index contributed by atoms with van der Waals surface area (Å²) >= 11 is 15.8. The zero-order chi connectivity index (χ0) is 28.6. The van der Waals surface area contributed by atoms with E-state index in [0.29, 0.717) is 6.54 Å². The number of unbranched alkanes of at least 4 members (excludes halogenated alkanes) is 1. The predicted molar refractivity (Wildman–Crippen MR) is 160 cm³/mol. The van der Waals surface area contributed by atoms with Crippen molar-refractivity contribution in [3.05, 3.63) is 92.9 Å². The van der Waals surface area contributed by atoms with Crippen LogP contribution < -0.4 is 9.62 Å². The van der Waals surface area contributed by atoms with Gasteiger partial charge in [0.2, 0.25) is 11.8 Å². The summed E-state index contributed by atoms with van der Waals surface area (Å²) in [5, 5.41) is 3.30. The Labute approximate surface area is 248 Å². The van der Waals surface area contributed by atoms with Crippen LogP contribution in [0.5, 0.6) is 0 Å². The molecule has 0 aliphatic carbocycles. The van der Waals surface area contributed by atoms with E-state index >= 15 is 0 Å². The quantitative estimate of drug-likeness (QED) is 0.233. The molecule has 0 bridgehead atoms. The van der Waals surface area contributed by atoms with Gasteiger partial charge >= 0.3 is 0 Å². The van der Waals surface area contributed by atoms with Crippen molar-refractivity contribution < 1.29 is 18.0 Å². The Hall–Kier alpha value is -2.59. The number of benzene rings is 3. The Balaban J connectivity index is 2.01. The van der Waals surface area contributed by atoms with Gasteiger partial charge in [-0.3, -0.25) is 13.9 Å². The highest BCUT2D eigenvalue weighted by Gasteiger charge is 2.32. The zero-order valence-electron chi connectivity index (χ0n) is 21.6. The smallest absolute Gasteiger partial charge is 0.264 e. The van der Waals surface area contributed by atoms with Gasteiger partial charge in [0.15, 0.2) is 0 Å². The van der Waals surface area contributed by atoms with E-state index in [-0.39, 0.29) is 33.1 Å². The van der Waals surface area contributed by atoms with E-state index < -0.39 is 28.5 Å². The van der Waals surface area contributed by atoms with Crippen LogP contribution in [0.25, 0.3) is 0 Å². The number of hydrogen-bond acceptors (Lipinski definition) is 4. The molecule has 0 saturated heterocycles. The molecule has 3 rings (SSSR count). The van der Waals surface area contributed by atoms with Crippen molar-refractivity contribution in [2.45, 2.75) is 44.2 Å². The molecule has 3 aromatic rings. The predicted octanol–water partition coefficient (Wildman–Crippen LogP) is 6.28. The minimum absolute atomic E-state index is 0.00119. The lowest BCUT2D eigenvalue weighted by Crippen LogP contribution is -2.51. The first-order valence-electron chi connectivity index (χ1n) is 12.4. The highest BCUT2D eigenvalue weighted by Crippen LogP contribution is 2.30. The molecule has 0 radical (unpaired) electrons. The van der Waals surface area contributed by atoms with Gasteiger partial charge in [-0.2, -0.15) is 0 Å². The number of amides is 2. The lowest BCUT2D eigenvalue weighted by molar-refractivity contribution is -0.139. The van der Waals surface area contributed by atoms with Crippen molar-refractivity contribution >= 4 is 66.7 Å². The summed E-state index contributed by atoms with van der Waals surface area (Å²) in [6.07, 6.45) is 1.71. The molecule has 1 atom stereocenters. The van der Waals surface area contributed by atoms with Crippen molar-refractivity contribution in [1.82, 2.24) is 10.2 Å². The van der Waals surface area contributed by atoms with Crippen molar-refractivity contribution in [2.24, 2.45) is 0 Å². The number of halogens is 3. The molecule has 2 amide bonds. The fourth-order valence-corrected chi connectivity index (χ4v) is 6.03. The van der Waals surface area contributed by atoms with Crippen LogP contribution in [0.3, 0.4) is 0 Å². The molecule has 0 fully saturated rings. The Morgan fingerprint density at radius 3 is 2.18 bits per heavy atom. The molecule has 0 aliphatic rings. The van der Waals surface area contributed by atoms with Crippen molar-refractivity contribution in [3.8, 4) is 0 Å². The molecule has 0 aromatic heterocycles. The largest absolute Gasteiger partial charge is 0.354 e. The van der Waals surface area contributed by atoms with E-state index in [2.05, 4.69) is 21.2 Å². The number of nitrogens with zero attached hydrogens (tertiary/aromatic N) is 2. The van der Waals surface area contributed by atoms with Gasteiger partial charge < -0.3 is 10.2 Å². The average molecular weight is 655 g/mol. The maximum Gasteiger partial charge on any atom is 0.264 e. The standard InChI is InChI=1S/C28H30BrCl2N3O4S/c1-3-4-14-32-28(36)20(2)33(18-21-10-12-22(29)13-11-21)27(35)19-34(25-16-23(30)15-24(31)17-25)39(37,38)26-8-6-5-7-9-26/h5-13,15-17,20H,3-4,14,18-19H2,1-2H3,(H,32,36). The van der Waals surface area contributed by atoms with Gasteiger partial charge in [-0.1, -0.05) is 82.8 Å². The monoisotopic (exact) mass is 653 g/mol. The summed E-state index contributed by atoms with van der Waals surface area (Å²) in [4.78, 5) is 28.3. The normalized spacial score (nSPS) is 12.0. The maximum atomic E-state index is 13.9. The molecule has 0 aliphatic heterocycles. The van der Waals surface area contributed by atoms with Crippen LogP contribution in [0.2, 0.25) is 10.0 Å². The van der Waals surface area contributed by atoms with Gasteiger partial charge in [0.05, 0.1) is 10.6 Å². The molecule has 0 saturated carbocycles. The number of sulfonamides is 1. The van der Waals surface area contributed by atoms with Crippen LogP contribution in [-0.2, 0) is 26.2 Å². The Morgan fingerprint density at radius 1 is 0.974 bits per heavy atom. The van der Waals surface area contributed by atoms with Gasteiger partial charge in [0.1, 0.15) is 12.6 Å². The minimum Gasteiger partial charge on any atom is -0.354 e. The Morgan fingerprint density at radius 2 is 1.59 bits per heavy atom. The summed E-state index contributed by atoms with van der Waals surface area (Å²) in [7, 11) is -4.20. The third-order valence-electron chi connectivity index (χ3n) is 6.01. The van der Waals surface area contributed by atoms with E-state index in [1.807, 2.05) is 31.2 Å². The van der Waals surface area contributed by atoms with Crippen LogP contribution in [0, 0.1) is 0 Å². The van der Waals surface area contributed by atoms with Gasteiger partial charge in [0.25, 0.3) is 10.0 Å². The molecule has 11 heteroatoms. The summed E-state index contributed by atoms with van der Waals surface area (Å²) < 4.78 is 29.4. The molecule has 7 nitrogen and oxygen atoms in total. The lowest BCUT2D eigenvalue weighted by atomic mass is 10.1. The SMILES string of the molecule is CCCCNC(=O)C(C)N(Cc1ccc(Br)cc1)C(=O)CN(c1cc(Cl)cc(Cl)c1)S(=O)(=O)c1ccccc1. The Kier molecular flexibility index (Phi) is 11.2. The number of anilines is 1. The van der Waals surface area contributed by atoms with Crippen LogP contribution in [-0.4, -0.2) is 44.3 Å². The van der Waals surface area contributed by atoms with Crippen molar-refractivity contribution in [1.29, 1.82) is 0 Å². The molecule has 1 N–H and O–H groups in total. The summed E-state index contributed by atoms with van der Waals surface area (Å²) in [5.74, 6) is -0.885. The third kappa shape index (κ3) is 8.45. The van der Waals surface area contributed by atoms with E-state index in [1.165, 1.54) is 35.2 Å². The summed E-state index contributed by atoms with van der Waals surface area (Å²) in [6, 6.07) is 18.6. The van der Waals surface area contributed by atoms with E-state index in [0.717, 1.165) is 27.2 Å². The number of hydrogen-bond donors (Lipinski definition) is 1. The van der Waals surface area contributed by atoms with E-state index in [1.54, 1.807) is 25.1 Å². The van der Waals surface area contributed by atoms with E-state index in [4.69, 9.17) is 23.2 Å². The first-order valence-corrected chi connectivity index (χ1v) is 15.4. The van der Waals surface area contributed by atoms with Crippen molar-refractivity contribution in [2.75, 3.05) is 17.4 Å². The second kappa shape index (κ2) is 14.2. The second-order valence-corrected chi connectivity index (χ2v) is 12.6. The Bertz CT molecular complexity index is 1370. The van der Waals surface area contributed by atoms with E-state index in [9.17, 15) is 18.0 Å². The van der Waals surface area contributed by atoms with Gasteiger partial charge in [0, 0.05) is 27.6 Å². The molecular formula is C28H30BrCl2N3O4S. The van der Waals surface area contributed by atoms with Crippen molar-refractivity contribution in [3.63, 3.8) is 0 Å². The van der Waals surface area contributed by atoms with Crippen LogP contribution in [0.15, 0.2) is 82.2 Å². The van der Waals surface area contributed by atoms with Gasteiger partial charge in [-0.25, -0.2) is 8.42 Å². The third-order valence-corrected chi connectivity index (χ3v) is 8.76. The van der Waals surface area contributed by atoms with Crippen LogP contribution in [0.1, 0.15) is 32.3 Å². The molecular weight excluding hydrogens is 625 g/mol. The van der Waals surface area contributed by atoms with Gasteiger partial charge in [-0.15, -0.1) is 0 Å². The zero-order valence-corrected chi connectivity index (χ0v) is 25.5. The second-order valence-electron chi connectivity index (χ2n) is 8.92. The number of carbonyl (C=O) groups excluding carboxylic acids is 2. The summed E-state index contributed by atoms with van der Waals surface area (Å²) in [6.45, 7) is 3.66. The number of rotatable bonds is 12. The van der Waals surface area contributed by atoms with Crippen LogP contribution in [0.4, 0.5) is 5.69 Å². The first-order chi connectivity index (χ1) is 18.5. The molecule has 208 valence electrons. The first kappa shape index (κ1) is 30.9. The molecule has 39 heavy (non-hydrogen) atoms. The van der Waals surface area contributed by atoms with Crippen LogP contribution >= 0.6 is 39.1 Å². The maximum absolute atomic E-state index is 13.9. The fourth-order valence-electron chi connectivity index (χ4n) is 3.84. The highest BCUT2D eigenvalue weighted by atomic mass is 79.9. The highest BCUT2D eigenvalue weighted by molar-refractivity contribution is 9.10. The molecule has 0 heterocycles. The molecule has 3 aromatic carbocycles. The summed E-state index contributed by atoms with van der Waals surface area (Å²) in [5.41, 5.74) is 0.913. The topological polar surface area (TPSA) is 86.8 Å². The lowest BCUT2D eigenvalue weighted by Gasteiger charge is -2.32. The number of nitrogens with one attached hydrogen (secondary N) is 1. The average Bonchev–Trinajstić information content (AvgIpc) is 2.90. The van der Waals surface area contributed by atoms with Gasteiger partial charge in [-0.05, 0) is 61.4 Å². The molecule has 1 unspecified atom stereocenters. The number of carbonyl (C=O) groups is 2.